The van der Waals surface area contributed by atoms with Gasteiger partial charge in [-0.3, -0.25) is 67.1 Å². The van der Waals surface area contributed by atoms with Crippen LogP contribution in [0.3, 0.4) is 0 Å². The summed E-state index contributed by atoms with van der Waals surface area (Å²) >= 11 is 24.2. The lowest BCUT2D eigenvalue weighted by atomic mass is 10.0. The third-order valence-electron chi connectivity index (χ3n) is 11.7. The minimum atomic E-state index is -1.71. The second-order valence-corrected chi connectivity index (χ2v) is 20.9. The molecule has 0 aromatic heterocycles. The van der Waals surface area contributed by atoms with E-state index in [9.17, 15) is 77.0 Å². The molecule has 0 bridgehead atoms. The van der Waals surface area contributed by atoms with Crippen molar-refractivity contribution in [3.63, 3.8) is 0 Å². The number of carbonyl (C=O) groups is 15. The fourth-order valence-corrected chi connectivity index (χ4v) is 8.75. The van der Waals surface area contributed by atoms with E-state index in [0.717, 1.165) is 4.90 Å². The Hall–Kier alpha value is -5.89. The molecule has 1 rings (SSSR count). The number of aliphatic carboxylic acids is 2. The standard InChI is InChI=1S/C45H74N14O17S6/c1-19(2)9-23(54-37(67)22(6-7-34(63)64)53-40(70)26(15-79)56-36(66)21(46)13-77)38(68)57-28(17-81)42(72)58-27(16-80)41(71)55-24(10-31(47)60)44(74)59-8-4-5-30(59)43(73)49-12-32(61)51-25(14-78)39(69)50-20(3)35(65)48-11-33(62)52-29(18-82)45(75)76/h19-30,77-82H,4-18,46H2,1-3H3,(H2,47,60)(H,48,65)(H,49,73)(H,50,69)(H,51,61)(H,52,62)(H,53,70)(H,54,67)(H,55,71)(H,56,66)(H,57,68)(H,58,72)(H,63,64)(H,75,76)/t20-,21-,22-,23-,24-,25-,26-,27-,28-,29-,30-/m0/s1. The lowest BCUT2D eigenvalue weighted by Gasteiger charge is -2.29. The topological polar surface area (TPSA) is 484 Å². The highest BCUT2D eigenvalue weighted by molar-refractivity contribution is 7.81. The lowest BCUT2D eigenvalue weighted by molar-refractivity contribution is -0.143. The Morgan fingerprint density at radius 1 is 0.512 bits per heavy atom. The number of nitrogens with one attached hydrogen (secondary N) is 11. The quantitative estimate of drug-likeness (QED) is 0.0257. The molecular formula is C45H74N14O17S6. The van der Waals surface area contributed by atoms with Crippen LogP contribution in [0, 0.1) is 5.92 Å². The van der Waals surface area contributed by atoms with Crippen LogP contribution in [0.5, 0.6) is 0 Å². The van der Waals surface area contributed by atoms with Crippen LogP contribution in [-0.4, -0.2) is 224 Å². The first-order valence-electron chi connectivity index (χ1n) is 25.2. The first kappa shape index (κ1) is 74.1. The summed E-state index contributed by atoms with van der Waals surface area (Å²) in [6, 6.07) is -15.3. The Balaban J connectivity index is 3.08. The molecule has 0 spiro atoms. The lowest BCUT2D eigenvalue weighted by Crippen LogP contribution is -2.61. The van der Waals surface area contributed by atoms with Gasteiger partial charge in [-0.05, 0) is 38.5 Å². The minimum absolute atomic E-state index is 0.0481. The van der Waals surface area contributed by atoms with Gasteiger partial charge in [-0.15, -0.1) is 0 Å². The maximum Gasteiger partial charge on any atom is 0.327 e. The maximum absolute atomic E-state index is 14.0. The van der Waals surface area contributed by atoms with E-state index in [-0.39, 0.29) is 60.5 Å². The predicted molar refractivity (Wildman–Crippen MR) is 313 cm³/mol. The number of carboxylic acid groups (broad SMARTS) is 2. The van der Waals surface area contributed by atoms with Gasteiger partial charge >= 0.3 is 11.9 Å². The highest BCUT2D eigenvalue weighted by Gasteiger charge is 2.40. The molecule has 17 N–H and O–H groups in total. The zero-order valence-electron chi connectivity index (χ0n) is 44.8. The van der Waals surface area contributed by atoms with Crippen molar-refractivity contribution in [2.45, 2.75) is 126 Å². The van der Waals surface area contributed by atoms with Crippen molar-refractivity contribution in [1.82, 2.24) is 63.4 Å². The van der Waals surface area contributed by atoms with E-state index in [1.165, 1.54) is 6.92 Å². The molecule has 0 aromatic carbocycles. The van der Waals surface area contributed by atoms with Crippen molar-refractivity contribution in [3.8, 4) is 0 Å². The van der Waals surface area contributed by atoms with Gasteiger partial charge in [-0.2, -0.15) is 75.8 Å². The van der Waals surface area contributed by atoms with Crippen molar-refractivity contribution >= 4 is 165 Å². The van der Waals surface area contributed by atoms with Gasteiger partial charge in [-0.1, -0.05) is 13.8 Å². The molecule has 0 aromatic rings. The summed E-state index contributed by atoms with van der Waals surface area (Å²) in [6.07, 6.45) is -1.57. The summed E-state index contributed by atoms with van der Waals surface area (Å²) in [5.74, 6) is -16.6. The normalized spacial score (nSPS) is 16.5. The first-order chi connectivity index (χ1) is 38.5. The van der Waals surface area contributed by atoms with Gasteiger partial charge in [0, 0.05) is 47.5 Å². The molecule has 0 unspecified atom stereocenters. The molecule has 31 nitrogen and oxygen atoms in total. The minimum Gasteiger partial charge on any atom is -0.481 e. The first-order valence-corrected chi connectivity index (χ1v) is 29.0. The van der Waals surface area contributed by atoms with Crippen molar-refractivity contribution in [2.75, 3.05) is 54.2 Å². The van der Waals surface area contributed by atoms with Gasteiger partial charge in [0.1, 0.15) is 60.4 Å². The van der Waals surface area contributed by atoms with E-state index < -0.39 is 193 Å². The number of carbonyl (C=O) groups excluding carboxylic acids is 13. The molecule has 1 fully saturated rings. The number of carboxylic acids is 2. The van der Waals surface area contributed by atoms with Gasteiger partial charge in [0.2, 0.25) is 76.8 Å². The Labute approximate surface area is 504 Å². The van der Waals surface area contributed by atoms with Crippen LogP contribution < -0.4 is 70.0 Å². The molecule has 11 atom stereocenters. The number of hydrogen-bond donors (Lipinski definition) is 21. The number of nitrogens with two attached hydrogens (primary N) is 2. The van der Waals surface area contributed by atoms with Gasteiger partial charge in [0.05, 0.1) is 25.6 Å². The molecule has 0 radical (unpaired) electrons. The SMILES string of the molecule is CC(C)C[C@H](NC(=O)[C@H](CCC(=O)O)NC(=O)[C@H](CS)NC(=O)[C@@H](N)CS)C(=O)N[C@@H](CS)C(=O)N[C@@H](CS)C(=O)N[C@@H](CC(N)=O)C(=O)N1CCC[C@H]1C(=O)NCC(=O)N[C@@H](CS)C(=O)N[C@@H](C)C(=O)NCC(=O)N[C@@H](CS)C(=O)O. The summed E-state index contributed by atoms with van der Waals surface area (Å²) < 4.78 is 0. The molecule has 82 heavy (non-hydrogen) atoms. The fraction of sp³-hybridized carbons (Fsp3) is 0.667. The Kier molecular flexibility index (Phi) is 34.4. The van der Waals surface area contributed by atoms with E-state index in [1.54, 1.807) is 13.8 Å². The van der Waals surface area contributed by atoms with E-state index in [0.29, 0.717) is 0 Å². The van der Waals surface area contributed by atoms with Crippen LogP contribution in [0.15, 0.2) is 0 Å². The molecule has 37 heteroatoms. The zero-order chi connectivity index (χ0) is 62.6. The fourth-order valence-electron chi connectivity index (χ4n) is 7.31. The van der Waals surface area contributed by atoms with Crippen LogP contribution >= 0.6 is 75.8 Å². The highest BCUT2D eigenvalue weighted by atomic mass is 32.1. The molecule has 0 aliphatic carbocycles. The molecule has 0 saturated carbocycles. The number of amides is 13. The molecular weight excluding hydrogens is 1200 g/mol. The summed E-state index contributed by atoms with van der Waals surface area (Å²) in [5.41, 5.74) is 11.1. The van der Waals surface area contributed by atoms with E-state index in [2.05, 4.69) is 134 Å². The number of likely N-dealkylation sites (tertiary alicyclic amines) is 1. The Bertz CT molecular complexity index is 2330. The van der Waals surface area contributed by atoms with Crippen LogP contribution in [0.25, 0.3) is 0 Å². The molecule has 1 aliphatic rings. The second-order valence-electron chi connectivity index (χ2n) is 18.7. The van der Waals surface area contributed by atoms with E-state index in [1.807, 2.05) is 0 Å². The van der Waals surface area contributed by atoms with Crippen LogP contribution in [0.1, 0.15) is 59.3 Å². The zero-order valence-corrected chi connectivity index (χ0v) is 50.2. The molecule has 1 aliphatic heterocycles. The van der Waals surface area contributed by atoms with Crippen LogP contribution in [-0.2, 0) is 71.9 Å². The van der Waals surface area contributed by atoms with Crippen molar-refractivity contribution in [2.24, 2.45) is 17.4 Å². The molecule has 1 heterocycles. The van der Waals surface area contributed by atoms with Crippen LogP contribution in [0.2, 0.25) is 0 Å². The Morgan fingerprint density at radius 2 is 0.927 bits per heavy atom. The summed E-state index contributed by atoms with van der Waals surface area (Å²) in [5, 5.41) is 44.2. The third kappa shape index (κ3) is 26.1. The number of rotatable bonds is 37. The van der Waals surface area contributed by atoms with Crippen molar-refractivity contribution < 1.29 is 82.1 Å². The van der Waals surface area contributed by atoms with E-state index >= 15 is 0 Å². The van der Waals surface area contributed by atoms with Crippen LogP contribution in [0.4, 0.5) is 0 Å². The average molecular weight is 1280 g/mol. The monoisotopic (exact) mass is 1270 g/mol. The maximum atomic E-state index is 14.0. The summed E-state index contributed by atoms with van der Waals surface area (Å²) in [6.45, 7) is 3.26. The average Bonchev–Trinajstić information content (AvgIpc) is 4.03. The van der Waals surface area contributed by atoms with Crippen molar-refractivity contribution in [1.29, 1.82) is 0 Å². The summed E-state index contributed by atoms with van der Waals surface area (Å²) in [7, 11) is 0. The largest absolute Gasteiger partial charge is 0.481 e. The molecule has 462 valence electrons. The van der Waals surface area contributed by atoms with Gasteiger partial charge in [-0.25, -0.2) is 4.79 Å². The second kappa shape index (κ2) is 38.1. The number of nitrogens with zero attached hydrogens (tertiary/aromatic N) is 1. The van der Waals surface area contributed by atoms with Gasteiger partial charge in [0.25, 0.3) is 0 Å². The number of thiol groups is 6. The number of hydrogen-bond acceptors (Lipinski definition) is 22. The molecule has 1 saturated heterocycles. The Morgan fingerprint density at radius 3 is 1.39 bits per heavy atom. The van der Waals surface area contributed by atoms with E-state index in [4.69, 9.17) is 16.6 Å². The van der Waals surface area contributed by atoms with Crippen molar-refractivity contribution in [3.05, 3.63) is 0 Å². The smallest absolute Gasteiger partial charge is 0.327 e. The number of primary amides is 1. The highest BCUT2D eigenvalue weighted by Crippen LogP contribution is 2.20. The third-order valence-corrected chi connectivity index (χ3v) is 13.9. The summed E-state index contributed by atoms with van der Waals surface area (Å²) in [4.78, 5) is 194. The predicted octanol–water partition coefficient (Wildman–Crippen LogP) is -7.63. The van der Waals surface area contributed by atoms with Gasteiger partial charge < -0.3 is 85.1 Å². The van der Waals surface area contributed by atoms with Gasteiger partial charge in [0.15, 0.2) is 0 Å². The molecule has 13 amide bonds.